The molecule has 1 aliphatic rings. The number of carbonyl (C=O) groups is 1. The lowest BCUT2D eigenvalue weighted by molar-refractivity contribution is -0.118. The number of nitrogens with one attached hydrogen (secondary N) is 2. The van der Waals surface area contributed by atoms with E-state index in [-0.39, 0.29) is 6.04 Å². The first-order valence-corrected chi connectivity index (χ1v) is 7.62. The summed E-state index contributed by atoms with van der Waals surface area (Å²) in [5, 5.41) is 5.98. The predicted molar refractivity (Wildman–Crippen MR) is 62.9 cm³/mol. The van der Waals surface area contributed by atoms with Crippen LogP contribution < -0.4 is 10.6 Å². The average molecular weight is 248 g/mol. The van der Waals surface area contributed by atoms with Crippen molar-refractivity contribution in [3.05, 3.63) is 0 Å². The Hall–Kier alpha value is -0.620. The average Bonchev–Trinajstić information content (AvgIpc) is 2.14. The molecule has 2 unspecified atom stereocenters. The van der Waals surface area contributed by atoms with E-state index in [1.165, 1.54) is 0 Å². The van der Waals surface area contributed by atoms with Crippen molar-refractivity contribution in [2.75, 3.05) is 25.1 Å². The van der Waals surface area contributed by atoms with Crippen LogP contribution in [0.15, 0.2) is 0 Å². The van der Waals surface area contributed by atoms with Crippen LogP contribution in [0.1, 0.15) is 19.8 Å². The highest BCUT2D eigenvalue weighted by Crippen LogP contribution is 2.14. The van der Waals surface area contributed by atoms with Gasteiger partial charge < -0.3 is 10.6 Å². The fraction of sp³-hybridized carbons (Fsp3) is 0.900. The second kappa shape index (κ2) is 5.63. The molecule has 1 fully saturated rings. The molecule has 1 rings (SSSR count). The number of hydrogen-bond donors (Lipinski definition) is 2. The van der Waals surface area contributed by atoms with E-state index in [1.807, 2.05) is 0 Å². The predicted octanol–water partition coefficient (Wildman–Crippen LogP) is -0.465. The van der Waals surface area contributed by atoms with Crippen molar-refractivity contribution < 1.29 is 13.2 Å². The molecule has 16 heavy (non-hydrogen) atoms. The highest BCUT2D eigenvalue weighted by Gasteiger charge is 2.21. The van der Waals surface area contributed by atoms with Gasteiger partial charge in [-0.3, -0.25) is 4.79 Å². The molecule has 6 heteroatoms. The van der Waals surface area contributed by atoms with Crippen LogP contribution >= 0.6 is 0 Å². The molecule has 94 valence electrons. The highest BCUT2D eigenvalue weighted by molar-refractivity contribution is 7.91. The van der Waals surface area contributed by atoms with E-state index >= 15 is 0 Å². The van der Waals surface area contributed by atoms with Crippen molar-refractivity contribution >= 4 is 15.7 Å². The molecule has 2 N–H and O–H groups in total. The molecule has 0 bridgehead atoms. The van der Waals surface area contributed by atoms with Crippen LogP contribution in [0, 0.1) is 5.92 Å². The van der Waals surface area contributed by atoms with Gasteiger partial charge in [-0.1, -0.05) is 6.92 Å². The first-order chi connectivity index (χ1) is 7.38. The standard InChI is InChI=1S/C10H20N2O3S/c1-8-4-3-5-11-9(8)6-12-10(13)7-16(2,14)15/h8-9,11H,3-7H2,1-2H3,(H,12,13). The highest BCUT2D eigenvalue weighted by atomic mass is 32.2. The van der Waals surface area contributed by atoms with Gasteiger partial charge in [0.25, 0.3) is 0 Å². The fourth-order valence-corrected chi connectivity index (χ4v) is 2.48. The minimum absolute atomic E-state index is 0.261. The first kappa shape index (κ1) is 13.4. The maximum atomic E-state index is 11.3. The van der Waals surface area contributed by atoms with Crippen molar-refractivity contribution in [2.45, 2.75) is 25.8 Å². The third-order valence-electron chi connectivity index (χ3n) is 2.84. The van der Waals surface area contributed by atoms with Crippen molar-refractivity contribution in [3.63, 3.8) is 0 Å². The smallest absolute Gasteiger partial charge is 0.235 e. The molecule has 0 spiro atoms. The fourth-order valence-electron chi connectivity index (χ4n) is 1.90. The van der Waals surface area contributed by atoms with Gasteiger partial charge in [-0.2, -0.15) is 0 Å². The van der Waals surface area contributed by atoms with Crippen LogP contribution in [0.5, 0.6) is 0 Å². The summed E-state index contributed by atoms with van der Waals surface area (Å²) in [4.78, 5) is 11.3. The monoisotopic (exact) mass is 248 g/mol. The van der Waals surface area contributed by atoms with Crippen LogP contribution in [-0.4, -0.2) is 45.5 Å². The number of piperidine rings is 1. The lowest BCUT2D eigenvalue weighted by atomic mass is 9.93. The van der Waals surface area contributed by atoms with Crippen molar-refractivity contribution in [2.24, 2.45) is 5.92 Å². The summed E-state index contributed by atoms with van der Waals surface area (Å²) in [6, 6.07) is 0.261. The maximum Gasteiger partial charge on any atom is 0.235 e. The Bertz CT molecular complexity index is 340. The molecule has 1 amide bonds. The van der Waals surface area contributed by atoms with Crippen LogP contribution in [0.4, 0.5) is 0 Å². The number of rotatable bonds is 4. The molecular weight excluding hydrogens is 228 g/mol. The zero-order chi connectivity index (χ0) is 12.2. The molecule has 0 aliphatic carbocycles. The summed E-state index contributed by atoms with van der Waals surface area (Å²) in [5.74, 6) is -0.317. The summed E-state index contributed by atoms with van der Waals surface area (Å²) >= 11 is 0. The molecule has 0 aromatic carbocycles. The lowest BCUT2D eigenvalue weighted by Crippen LogP contribution is -2.48. The van der Waals surface area contributed by atoms with Gasteiger partial charge in [-0.15, -0.1) is 0 Å². The second-order valence-electron chi connectivity index (χ2n) is 4.55. The normalized spacial score (nSPS) is 26.4. The number of carbonyl (C=O) groups excluding carboxylic acids is 1. The quantitative estimate of drug-likeness (QED) is 0.705. The van der Waals surface area contributed by atoms with E-state index in [9.17, 15) is 13.2 Å². The van der Waals surface area contributed by atoms with Crippen LogP contribution in [-0.2, 0) is 14.6 Å². The van der Waals surface area contributed by atoms with E-state index < -0.39 is 21.5 Å². The molecule has 2 atom stereocenters. The molecular formula is C10H20N2O3S. The van der Waals surface area contributed by atoms with Gasteiger partial charge in [0.15, 0.2) is 9.84 Å². The Balaban J connectivity index is 2.31. The zero-order valence-corrected chi connectivity index (χ0v) is 10.6. The molecule has 0 radical (unpaired) electrons. The third kappa shape index (κ3) is 4.94. The van der Waals surface area contributed by atoms with Crippen LogP contribution in [0.2, 0.25) is 0 Å². The van der Waals surface area contributed by atoms with E-state index in [0.717, 1.165) is 25.6 Å². The lowest BCUT2D eigenvalue weighted by Gasteiger charge is -2.30. The topological polar surface area (TPSA) is 75.3 Å². The number of hydrogen-bond acceptors (Lipinski definition) is 4. The minimum Gasteiger partial charge on any atom is -0.354 e. The van der Waals surface area contributed by atoms with Gasteiger partial charge in [-0.05, 0) is 25.3 Å². The van der Waals surface area contributed by atoms with Crippen molar-refractivity contribution in [3.8, 4) is 0 Å². The summed E-state index contributed by atoms with van der Waals surface area (Å²) in [5.41, 5.74) is 0. The zero-order valence-electron chi connectivity index (χ0n) is 9.82. The Morgan fingerprint density at radius 2 is 2.19 bits per heavy atom. The molecule has 0 aromatic rings. The third-order valence-corrected chi connectivity index (χ3v) is 3.63. The Morgan fingerprint density at radius 3 is 2.75 bits per heavy atom. The van der Waals surface area contributed by atoms with Gasteiger partial charge in [-0.25, -0.2) is 8.42 Å². The van der Waals surface area contributed by atoms with Gasteiger partial charge >= 0.3 is 0 Å². The van der Waals surface area contributed by atoms with Crippen molar-refractivity contribution in [1.29, 1.82) is 0 Å². The Kier molecular flexibility index (Phi) is 4.73. The van der Waals surface area contributed by atoms with E-state index in [4.69, 9.17) is 0 Å². The SMILES string of the molecule is CC1CCCNC1CNC(=O)CS(C)(=O)=O. The van der Waals surface area contributed by atoms with Crippen LogP contribution in [0.3, 0.4) is 0 Å². The molecule has 0 saturated carbocycles. The molecule has 1 saturated heterocycles. The summed E-state index contributed by atoms with van der Waals surface area (Å²) in [7, 11) is -3.22. The van der Waals surface area contributed by atoms with E-state index in [0.29, 0.717) is 12.5 Å². The Morgan fingerprint density at radius 1 is 1.50 bits per heavy atom. The maximum absolute atomic E-state index is 11.3. The number of sulfone groups is 1. The largest absolute Gasteiger partial charge is 0.354 e. The van der Waals surface area contributed by atoms with E-state index in [1.54, 1.807) is 0 Å². The number of amides is 1. The van der Waals surface area contributed by atoms with Gasteiger partial charge in [0.1, 0.15) is 5.75 Å². The second-order valence-corrected chi connectivity index (χ2v) is 6.69. The first-order valence-electron chi connectivity index (χ1n) is 5.56. The Labute approximate surface area is 96.9 Å². The minimum atomic E-state index is -3.22. The van der Waals surface area contributed by atoms with Crippen LogP contribution in [0.25, 0.3) is 0 Å². The van der Waals surface area contributed by atoms with Gasteiger partial charge in [0.05, 0.1) is 0 Å². The van der Waals surface area contributed by atoms with Crippen molar-refractivity contribution in [1.82, 2.24) is 10.6 Å². The van der Waals surface area contributed by atoms with Gasteiger partial charge in [0.2, 0.25) is 5.91 Å². The molecule has 1 heterocycles. The molecule has 1 aliphatic heterocycles. The van der Waals surface area contributed by atoms with Gasteiger partial charge in [0, 0.05) is 18.8 Å². The summed E-state index contributed by atoms with van der Waals surface area (Å²) in [6.07, 6.45) is 3.38. The summed E-state index contributed by atoms with van der Waals surface area (Å²) < 4.78 is 21.8. The summed E-state index contributed by atoms with van der Waals surface area (Å²) in [6.45, 7) is 3.62. The molecule has 0 aromatic heterocycles. The van der Waals surface area contributed by atoms with E-state index in [2.05, 4.69) is 17.6 Å². The molecule has 5 nitrogen and oxygen atoms in total.